The summed E-state index contributed by atoms with van der Waals surface area (Å²) in [4.78, 5) is 0. The molecule has 0 radical (unpaired) electrons. The van der Waals surface area contributed by atoms with Gasteiger partial charge in [0.05, 0.1) is 26.5 Å². The Balaban J connectivity index is 2.57. The first-order valence-corrected chi connectivity index (χ1v) is 7.40. The highest BCUT2D eigenvalue weighted by Crippen LogP contribution is 2.27. The molecule has 0 saturated heterocycles. The summed E-state index contributed by atoms with van der Waals surface area (Å²) in [5.41, 5.74) is 3.64. The molecular weight excluding hydrogens is 302 g/mol. The molecule has 1 aromatic rings. The van der Waals surface area contributed by atoms with E-state index < -0.39 is 0 Å². The maximum Gasteiger partial charge on any atom is 0.187 e. The molecule has 2 N–H and O–H groups in total. The van der Waals surface area contributed by atoms with Crippen LogP contribution in [0.1, 0.15) is 19.4 Å². The predicted molar refractivity (Wildman–Crippen MR) is 92.0 cm³/mol. The summed E-state index contributed by atoms with van der Waals surface area (Å²) < 4.78 is 15.8. The summed E-state index contributed by atoms with van der Waals surface area (Å²) >= 11 is 5.13. The number of hydrazone groups is 1. The minimum absolute atomic E-state index is 0.116. The number of thiocarbonyl (C=S) groups is 1. The fourth-order valence-electron chi connectivity index (χ4n) is 1.75. The summed E-state index contributed by atoms with van der Waals surface area (Å²) in [6.07, 6.45) is 1.66. The number of nitrogens with one attached hydrogen (secondary N) is 2. The molecule has 122 valence electrons. The number of ether oxygens (including phenoxy) is 3. The number of hydrogen-bond donors (Lipinski definition) is 2. The van der Waals surface area contributed by atoms with Crippen LogP contribution >= 0.6 is 12.2 Å². The third-order valence-electron chi connectivity index (χ3n) is 2.66. The van der Waals surface area contributed by atoms with Crippen molar-refractivity contribution in [3.8, 4) is 11.5 Å². The SMILES string of the molecule is CCOc1ccc(/C=N\NC(=S)N[C@@H](C)COC)cc1OC. The fourth-order valence-corrected chi connectivity index (χ4v) is 2.01. The van der Waals surface area contributed by atoms with Crippen molar-refractivity contribution < 1.29 is 14.2 Å². The van der Waals surface area contributed by atoms with E-state index in [1.165, 1.54) is 0 Å². The van der Waals surface area contributed by atoms with E-state index in [9.17, 15) is 0 Å². The van der Waals surface area contributed by atoms with Gasteiger partial charge in [-0.25, -0.2) is 0 Å². The van der Waals surface area contributed by atoms with Gasteiger partial charge in [0.25, 0.3) is 0 Å². The minimum Gasteiger partial charge on any atom is -0.493 e. The Morgan fingerprint density at radius 1 is 1.36 bits per heavy atom. The Bertz CT molecular complexity index is 509. The molecule has 0 unspecified atom stereocenters. The molecule has 0 aromatic heterocycles. The maximum absolute atomic E-state index is 5.46. The van der Waals surface area contributed by atoms with Gasteiger partial charge in [-0.1, -0.05) is 0 Å². The highest BCUT2D eigenvalue weighted by atomic mass is 32.1. The zero-order valence-corrected chi connectivity index (χ0v) is 14.2. The van der Waals surface area contributed by atoms with Crippen LogP contribution in [0.5, 0.6) is 11.5 Å². The van der Waals surface area contributed by atoms with E-state index in [0.29, 0.717) is 29.8 Å². The lowest BCUT2D eigenvalue weighted by Crippen LogP contribution is -2.40. The monoisotopic (exact) mass is 325 g/mol. The number of methoxy groups -OCH3 is 2. The van der Waals surface area contributed by atoms with Crippen molar-refractivity contribution in [1.29, 1.82) is 0 Å². The van der Waals surface area contributed by atoms with Crippen LogP contribution in [-0.4, -0.2) is 44.8 Å². The number of nitrogens with zero attached hydrogens (tertiary/aromatic N) is 1. The van der Waals surface area contributed by atoms with Gasteiger partial charge in [0.2, 0.25) is 0 Å². The second-order valence-corrected chi connectivity index (χ2v) is 4.95. The molecule has 7 heteroatoms. The molecule has 1 atom stereocenters. The molecule has 0 spiro atoms. The standard InChI is InChI=1S/C15H23N3O3S/c1-5-21-13-7-6-12(8-14(13)20-4)9-16-18-15(22)17-11(2)10-19-3/h6-9,11H,5,10H2,1-4H3,(H2,17,18,22)/b16-9-/t11-/m0/s1. The van der Waals surface area contributed by atoms with Gasteiger partial charge in [-0.3, -0.25) is 5.43 Å². The smallest absolute Gasteiger partial charge is 0.187 e. The topological polar surface area (TPSA) is 64.1 Å². The Labute approximate surface area is 136 Å². The lowest BCUT2D eigenvalue weighted by molar-refractivity contribution is 0.179. The van der Waals surface area contributed by atoms with Crippen molar-refractivity contribution in [2.45, 2.75) is 19.9 Å². The van der Waals surface area contributed by atoms with E-state index >= 15 is 0 Å². The van der Waals surface area contributed by atoms with Gasteiger partial charge in [-0.05, 0) is 49.8 Å². The normalized spacial score (nSPS) is 12.0. The Morgan fingerprint density at radius 2 is 2.14 bits per heavy atom. The van der Waals surface area contributed by atoms with E-state index in [1.807, 2.05) is 32.0 Å². The molecular formula is C15H23N3O3S. The van der Waals surface area contributed by atoms with E-state index in [2.05, 4.69) is 15.8 Å². The minimum atomic E-state index is 0.116. The summed E-state index contributed by atoms with van der Waals surface area (Å²) in [5.74, 6) is 1.38. The molecule has 0 aliphatic rings. The molecule has 0 bridgehead atoms. The molecule has 0 saturated carbocycles. The zero-order chi connectivity index (χ0) is 16.4. The largest absolute Gasteiger partial charge is 0.493 e. The van der Waals surface area contributed by atoms with Gasteiger partial charge >= 0.3 is 0 Å². The van der Waals surface area contributed by atoms with Crippen molar-refractivity contribution in [3.05, 3.63) is 23.8 Å². The molecule has 0 aliphatic heterocycles. The first kappa shape index (κ1) is 18.2. The molecule has 0 heterocycles. The Morgan fingerprint density at radius 3 is 2.77 bits per heavy atom. The van der Waals surface area contributed by atoms with Gasteiger partial charge in [-0.2, -0.15) is 5.10 Å². The number of rotatable bonds is 8. The summed E-state index contributed by atoms with van der Waals surface area (Å²) in [7, 11) is 3.25. The summed E-state index contributed by atoms with van der Waals surface area (Å²) in [6, 6.07) is 5.70. The quantitative estimate of drug-likeness (QED) is 0.433. The molecule has 1 rings (SSSR count). The molecule has 0 aliphatic carbocycles. The van der Waals surface area contributed by atoms with E-state index in [0.717, 1.165) is 5.56 Å². The van der Waals surface area contributed by atoms with Crippen LogP contribution < -0.4 is 20.2 Å². The molecule has 22 heavy (non-hydrogen) atoms. The number of hydrogen-bond acceptors (Lipinski definition) is 5. The van der Waals surface area contributed by atoms with Gasteiger partial charge in [0.15, 0.2) is 16.6 Å². The van der Waals surface area contributed by atoms with Gasteiger partial charge in [0, 0.05) is 13.2 Å². The highest BCUT2D eigenvalue weighted by Gasteiger charge is 2.04. The molecule has 0 amide bonds. The van der Waals surface area contributed by atoms with Crippen molar-refractivity contribution in [2.75, 3.05) is 27.4 Å². The lowest BCUT2D eigenvalue weighted by Gasteiger charge is -2.13. The lowest BCUT2D eigenvalue weighted by atomic mass is 10.2. The van der Waals surface area contributed by atoms with Crippen LogP contribution in [-0.2, 0) is 4.74 Å². The van der Waals surface area contributed by atoms with Crippen LogP contribution in [0.25, 0.3) is 0 Å². The van der Waals surface area contributed by atoms with Crippen molar-refractivity contribution >= 4 is 23.5 Å². The maximum atomic E-state index is 5.46. The van der Waals surface area contributed by atoms with Crippen molar-refractivity contribution in [2.24, 2.45) is 5.10 Å². The van der Waals surface area contributed by atoms with Gasteiger partial charge in [0.1, 0.15) is 0 Å². The van der Waals surface area contributed by atoms with Crippen LogP contribution in [0, 0.1) is 0 Å². The Hall–Kier alpha value is -1.86. The van der Waals surface area contributed by atoms with Crippen LogP contribution in [0.2, 0.25) is 0 Å². The third kappa shape index (κ3) is 6.28. The zero-order valence-electron chi connectivity index (χ0n) is 13.4. The second kappa shape index (κ2) is 9.97. The molecule has 1 aromatic carbocycles. The van der Waals surface area contributed by atoms with Gasteiger partial charge < -0.3 is 19.5 Å². The molecule has 0 fully saturated rings. The second-order valence-electron chi connectivity index (χ2n) is 4.54. The van der Waals surface area contributed by atoms with E-state index in [-0.39, 0.29) is 6.04 Å². The van der Waals surface area contributed by atoms with Crippen LogP contribution in [0.4, 0.5) is 0 Å². The predicted octanol–water partition coefficient (Wildman–Crippen LogP) is 1.93. The molecule has 6 nitrogen and oxygen atoms in total. The van der Waals surface area contributed by atoms with E-state index in [1.54, 1.807) is 20.4 Å². The van der Waals surface area contributed by atoms with E-state index in [4.69, 9.17) is 26.4 Å². The highest BCUT2D eigenvalue weighted by molar-refractivity contribution is 7.80. The van der Waals surface area contributed by atoms with Crippen molar-refractivity contribution in [1.82, 2.24) is 10.7 Å². The fraction of sp³-hybridized carbons (Fsp3) is 0.467. The van der Waals surface area contributed by atoms with Crippen LogP contribution in [0.15, 0.2) is 23.3 Å². The number of benzene rings is 1. The summed E-state index contributed by atoms with van der Waals surface area (Å²) in [5, 5.41) is 7.59. The van der Waals surface area contributed by atoms with Crippen molar-refractivity contribution in [3.63, 3.8) is 0 Å². The first-order chi connectivity index (χ1) is 10.6. The average Bonchev–Trinajstić information content (AvgIpc) is 2.49. The van der Waals surface area contributed by atoms with Gasteiger partial charge in [-0.15, -0.1) is 0 Å². The average molecular weight is 325 g/mol. The first-order valence-electron chi connectivity index (χ1n) is 7.00. The van der Waals surface area contributed by atoms with Crippen LogP contribution in [0.3, 0.4) is 0 Å². The third-order valence-corrected chi connectivity index (χ3v) is 2.87. The Kier molecular flexibility index (Phi) is 8.24. The summed E-state index contributed by atoms with van der Waals surface area (Å²) in [6.45, 7) is 5.06.